The van der Waals surface area contributed by atoms with Crippen LogP contribution in [0.1, 0.15) is 50.1 Å². The molecule has 0 unspecified atom stereocenters. The molecule has 0 saturated carbocycles. The van der Waals surface area contributed by atoms with Crippen LogP contribution >= 0.6 is 0 Å². The summed E-state index contributed by atoms with van der Waals surface area (Å²) in [5.74, 6) is 1.04. The molecule has 4 rings (SSSR count). The van der Waals surface area contributed by atoms with Gasteiger partial charge in [0, 0.05) is 27.2 Å². The standard InChI is InChI=1S/C24H20N.C10H15.Ir/c1-25-19-24-15-9-8-14-22(24)18-23(21-12-6-3-7-13-21)17-16-20-10-4-2-5-11-20;1-6-7(2)9(4)10(5)8(6)3;/h2-16,18-19H,1H3;1-5H3;/q2*-1;. The van der Waals surface area contributed by atoms with Gasteiger partial charge >= 0.3 is 0 Å². The van der Waals surface area contributed by atoms with Crippen LogP contribution in [-0.2, 0) is 20.1 Å². The molecule has 0 aliphatic rings. The molecule has 0 saturated heterocycles. The van der Waals surface area contributed by atoms with Gasteiger partial charge in [0.2, 0.25) is 0 Å². The van der Waals surface area contributed by atoms with Crippen molar-refractivity contribution in [2.24, 2.45) is 4.99 Å². The van der Waals surface area contributed by atoms with Gasteiger partial charge in [-0.15, -0.1) is 42.3 Å². The number of allylic oxidation sites excluding steroid dienone is 1. The van der Waals surface area contributed by atoms with Crippen LogP contribution in [0.25, 0.3) is 6.08 Å². The number of aliphatic imine (C=N–C) groups is 1. The van der Waals surface area contributed by atoms with E-state index in [4.69, 9.17) is 0 Å². The fourth-order valence-electron chi connectivity index (χ4n) is 4.00. The van der Waals surface area contributed by atoms with Crippen molar-refractivity contribution in [3.63, 3.8) is 0 Å². The number of benzene rings is 3. The van der Waals surface area contributed by atoms with Crippen LogP contribution in [0.2, 0.25) is 0 Å². The molecule has 0 amide bonds. The van der Waals surface area contributed by atoms with Gasteiger partial charge in [0.25, 0.3) is 0 Å². The summed E-state index contributed by atoms with van der Waals surface area (Å²) in [4.78, 5) is 4.16. The van der Waals surface area contributed by atoms with Gasteiger partial charge in [0.1, 0.15) is 0 Å². The Balaban J connectivity index is 0.000000350. The first-order valence-corrected chi connectivity index (χ1v) is 12.0. The smallest absolute Gasteiger partial charge is 0.0264 e. The van der Waals surface area contributed by atoms with E-state index >= 15 is 0 Å². The molecule has 0 N–H and O–H groups in total. The average molecular weight is 650 g/mol. The zero-order valence-electron chi connectivity index (χ0n) is 22.1. The van der Waals surface area contributed by atoms with Gasteiger partial charge in [0.15, 0.2) is 0 Å². The molecule has 4 aromatic rings. The molecular weight excluding hydrogens is 615 g/mol. The van der Waals surface area contributed by atoms with E-state index in [9.17, 15) is 0 Å². The molecule has 0 aliphatic carbocycles. The van der Waals surface area contributed by atoms with E-state index in [1.54, 1.807) is 7.05 Å². The van der Waals surface area contributed by atoms with Crippen molar-refractivity contribution in [1.29, 1.82) is 0 Å². The van der Waals surface area contributed by atoms with E-state index in [0.29, 0.717) is 0 Å². The summed E-state index contributed by atoms with van der Waals surface area (Å²) in [5, 5.41) is 0. The van der Waals surface area contributed by atoms with Crippen LogP contribution in [0.3, 0.4) is 0 Å². The van der Waals surface area contributed by atoms with Crippen LogP contribution in [0, 0.1) is 53.0 Å². The molecule has 0 bridgehead atoms. The van der Waals surface area contributed by atoms with Crippen LogP contribution in [0.4, 0.5) is 0 Å². The Bertz CT molecular complexity index is 1180. The van der Waals surface area contributed by atoms with Crippen LogP contribution in [0.5, 0.6) is 0 Å². The third kappa shape index (κ3) is 7.65. The van der Waals surface area contributed by atoms with Gasteiger partial charge < -0.3 is 4.99 Å². The van der Waals surface area contributed by atoms with Crippen molar-refractivity contribution in [1.82, 2.24) is 0 Å². The van der Waals surface area contributed by atoms with Crippen molar-refractivity contribution in [3.8, 4) is 0 Å². The summed E-state index contributed by atoms with van der Waals surface area (Å²) in [5.41, 5.74) is 11.8. The van der Waals surface area contributed by atoms with Gasteiger partial charge in [-0.3, -0.25) is 0 Å². The first kappa shape index (κ1) is 29.0. The number of rotatable bonds is 6. The fourth-order valence-corrected chi connectivity index (χ4v) is 4.00. The maximum absolute atomic E-state index is 4.16. The summed E-state index contributed by atoms with van der Waals surface area (Å²) in [6, 6.07) is 28.8. The largest absolute Gasteiger partial charge is 0.309 e. The zero-order chi connectivity index (χ0) is 25.2. The molecule has 0 heterocycles. The van der Waals surface area contributed by atoms with E-state index in [-0.39, 0.29) is 20.1 Å². The Morgan fingerprint density at radius 2 is 1.31 bits per heavy atom. The maximum atomic E-state index is 4.16. The summed E-state index contributed by atoms with van der Waals surface area (Å²) in [6.07, 6.45) is 9.53. The van der Waals surface area contributed by atoms with E-state index in [1.807, 2.05) is 60.8 Å². The molecule has 2 heteroatoms. The minimum absolute atomic E-state index is 0. The minimum atomic E-state index is 0. The second-order valence-corrected chi connectivity index (χ2v) is 8.76. The Hall–Kier alpha value is -3.19. The van der Waals surface area contributed by atoms with E-state index in [0.717, 1.165) is 28.2 Å². The Labute approximate surface area is 231 Å². The van der Waals surface area contributed by atoms with Crippen LogP contribution in [-0.4, -0.2) is 13.3 Å². The summed E-state index contributed by atoms with van der Waals surface area (Å²) in [7, 11) is 1.79. The van der Waals surface area contributed by atoms with Crippen LogP contribution in [0.15, 0.2) is 89.9 Å². The van der Waals surface area contributed by atoms with Crippen molar-refractivity contribution < 1.29 is 20.1 Å². The second kappa shape index (κ2) is 14.4. The number of nitrogens with zero attached hydrogens (tertiary/aromatic N) is 1. The molecule has 1 radical (unpaired) electrons. The second-order valence-electron chi connectivity index (χ2n) is 8.76. The average Bonchev–Trinajstić information content (AvgIpc) is 3.06. The molecule has 0 spiro atoms. The topological polar surface area (TPSA) is 12.4 Å². The third-order valence-electron chi connectivity index (χ3n) is 6.66. The monoisotopic (exact) mass is 650 g/mol. The Morgan fingerprint density at radius 3 is 1.83 bits per heavy atom. The molecule has 36 heavy (non-hydrogen) atoms. The summed E-state index contributed by atoms with van der Waals surface area (Å²) >= 11 is 0. The predicted molar refractivity (Wildman–Crippen MR) is 152 cm³/mol. The van der Waals surface area contributed by atoms with Gasteiger partial charge in [-0.05, 0) is 42.1 Å². The zero-order valence-corrected chi connectivity index (χ0v) is 24.5. The van der Waals surface area contributed by atoms with E-state index < -0.39 is 0 Å². The van der Waals surface area contributed by atoms with Crippen molar-refractivity contribution in [2.45, 2.75) is 34.6 Å². The molecule has 0 fully saturated rings. The van der Waals surface area contributed by atoms with Crippen molar-refractivity contribution >= 4 is 12.3 Å². The van der Waals surface area contributed by atoms with Crippen molar-refractivity contribution in [3.05, 3.63) is 153 Å². The molecular formula is C34H35IrN-2. The Kier molecular flexibility index (Phi) is 11.6. The molecule has 0 aromatic heterocycles. The quantitative estimate of drug-likeness (QED) is 0.147. The first-order valence-electron chi connectivity index (χ1n) is 12.0. The third-order valence-corrected chi connectivity index (χ3v) is 6.66. The van der Waals surface area contributed by atoms with Gasteiger partial charge in [-0.2, -0.15) is 39.4 Å². The first-order chi connectivity index (χ1) is 16.9. The van der Waals surface area contributed by atoms with Gasteiger partial charge in [-0.1, -0.05) is 76.4 Å². The summed E-state index contributed by atoms with van der Waals surface area (Å²) in [6.45, 7) is 11.0. The fraction of sp³-hybridized carbons (Fsp3) is 0.176. The van der Waals surface area contributed by atoms with Crippen molar-refractivity contribution in [2.75, 3.05) is 7.05 Å². The van der Waals surface area contributed by atoms with Crippen LogP contribution < -0.4 is 0 Å². The van der Waals surface area contributed by atoms with E-state index in [2.05, 4.69) is 88.5 Å². The minimum Gasteiger partial charge on any atom is -0.309 e. The Morgan fingerprint density at radius 1 is 0.778 bits per heavy atom. The normalized spacial score (nSPS) is 10.6. The molecule has 187 valence electrons. The number of hydrogen-bond acceptors (Lipinski definition) is 1. The number of hydrogen-bond donors (Lipinski definition) is 0. The molecule has 0 atom stereocenters. The summed E-state index contributed by atoms with van der Waals surface area (Å²) < 4.78 is 0. The van der Waals surface area contributed by atoms with Gasteiger partial charge in [0.05, 0.1) is 0 Å². The predicted octanol–water partition coefficient (Wildman–Crippen LogP) is 8.37. The SMILES string of the molecule is CN=Cc1ccccc1[CH-][C+]([C-]=Cc1ccccc1)c1ccccc1.Cc1c(C)c(C)[c-](C)c1C.[Ir]. The van der Waals surface area contributed by atoms with E-state index in [1.165, 1.54) is 27.8 Å². The molecule has 0 aliphatic heterocycles. The molecule has 4 aromatic carbocycles. The maximum Gasteiger partial charge on any atom is 0.0264 e. The molecule has 1 nitrogen and oxygen atoms in total. The van der Waals surface area contributed by atoms with Gasteiger partial charge in [-0.25, -0.2) is 0 Å².